The molecule has 1 N–H and O–H groups in total. The Kier molecular flexibility index (Phi) is 4.57. The number of carbonyl (C=O) groups excluding carboxylic acids is 3. The highest BCUT2D eigenvalue weighted by Gasteiger charge is 2.20. The fraction of sp³-hybridized carbons (Fsp3) is 0.400. The van der Waals surface area contributed by atoms with Crippen molar-refractivity contribution in [3.05, 3.63) is 29.3 Å². The van der Waals surface area contributed by atoms with Crippen LogP contribution in [0.5, 0.6) is 0 Å². The van der Waals surface area contributed by atoms with Crippen molar-refractivity contribution in [1.82, 2.24) is 4.90 Å². The molecule has 0 radical (unpaired) electrons. The molecular weight excluding hydrogens is 272 g/mol. The standard InChI is InChI=1S/C15H18N2O4/c1-3-21-14(19)6-7-17(2)15(20)11-5-4-10-9-13(18)16-12(10)8-11/h4-5,8H,3,6-7,9H2,1-2H3,(H,16,18). The average Bonchev–Trinajstić information content (AvgIpc) is 2.83. The Morgan fingerprint density at radius 3 is 2.86 bits per heavy atom. The zero-order valence-corrected chi connectivity index (χ0v) is 12.1. The van der Waals surface area contributed by atoms with E-state index in [1.165, 1.54) is 4.90 Å². The number of anilines is 1. The van der Waals surface area contributed by atoms with Gasteiger partial charge in [0.1, 0.15) is 0 Å². The number of ether oxygens (including phenoxy) is 1. The van der Waals surface area contributed by atoms with Crippen LogP contribution >= 0.6 is 0 Å². The summed E-state index contributed by atoms with van der Waals surface area (Å²) in [6.45, 7) is 2.37. The molecule has 112 valence electrons. The van der Waals surface area contributed by atoms with Crippen molar-refractivity contribution in [2.45, 2.75) is 19.8 Å². The molecule has 0 spiro atoms. The normalized spacial score (nSPS) is 12.6. The monoisotopic (exact) mass is 290 g/mol. The molecular formula is C15H18N2O4. The van der Waals surface area contributed by atoms with E-state index in [9.17, 15) is 14.4 Å². The summed E-state index contributed by atoms with van der Waals surface area (Å²) in [6, 6.07) is 5.14. The molecule has 0 bridgehead atoms. The van der Waals surface area contributed by atoms with E-state index in [2.05, 4.69) is 5.32 Å². The lowest BCUT2D eigenvalue weighted by atomic mass is 10.1. The summed E-state index contributed by atoms with van der Waals surface area (Å²) in [5, 5.41) is 2.71. The van der Waals surface area contributed by atoms with Crippen molar-refractivity contribution in [3.8, 4) is 0 Å². The summed E-state index contributed by atoms with van der Waals surface area (Å²) in [5.74, 6) is -0.577. The number of benzene rings is 1. The fourth-order valence-electron chi connectivity index (χ4n) is 2.16. The zero-order chi connectivity index (χ0) is 15.4. The molecule has 1 aliphatic rings. The van der Waals surface area contributed by atoms with E-state index in [1.807, 2.05) is 0 Å². The number of carbonyl (C=O) groups is 3. The van der Waals surface area contributed by atoms with Gasteiger partial charge in [0.15, 0.2) is 0 Å². The van der Waals surface area contributed by atoms with Crippen molar-refractivity contribution in [3.63, 3.8) is 0 Å². The molecule has 6 heteroatoms. The molecule has 2 amide bonds. The van der Waals surface area contributed by atoms with Crippen molar-refractivity contribution >= 4 is 23.5 Å². The van der Waals surface area contributed by atoms with Gasteiger partial charge >= 0.3 is 5.97 Å². The van der Waals surface area contributed by atoms with Gasteiger partial charge in [0.05, 0.1) is 19.4 Å². The first-order valence-corrected chi connectivity index (χ1v) is 6.85. The van der Waals surface area contributed by atoms with Crippen molar-refractivity contribution < 1.29 is 19.1 Å². The average molecular weight is 290 g/mol. The first kappa shape index (κ1) is 15.0. The van der Waals surface area contributed by atoms with Crippen LogP contribution in [0.25, 0.3) is 0 Å². The molecule has 1 aromatic rings. The second-order valence-corrected chi connectivity index (χ2v) is 4.88. The molecule has 0 aromatic heterocycles. The fourth-order valence-corrected chi connectivity index (χ4v) is 2.16. The maximum atomic E-state index is 12.3. The van der Waals surface area contributed by atoms with E-state index in [-0.39, 0.29) is 24.2 Å². The summed E-state index contributed by atoms with van der Waals surface area (Å²) in [7, 11) is 1.63. The second kappa shape index (κ2) is 6.39. The predicted molar refractivity (Wildman–Crippen MR) is 77.0 cm³/mol. The highest BCUT2D eigenvalue weighted by molar-refractivity contribution is 6.02. The molecule has 1 heterocycles. The van der Waals surface area contributed by atoms with Gasteiger partial charge in [0, 0.05) is 24.8 Å². The van der Waals surface area contributed by atoms with Crippen LogP contribution in [-0.4, -0.2) is 42.9 Å². The number of rotatable bonds is 5. The van der Waals surface area contributed by atoms with Gasteiger partial charge in [-0.1, -0.05) is 6.07 Å². The summed E-state index contributed by atoms with van der Waals surface area (Å²) < 4.78 is 4.83. The zero-order valence-electron chi connectivity index (χ0n) is 12.1. The summed E-state index contributed by atoms with van der Waals surface area (Å²) in [5.41, 5.74) is 2.07. The number of hydrogen-bond acceptors (Lipinski definition) is 4. The lowest BCUT2D eigenvalue weighted by Crippen LogP contribution is -2.29. The summed E-state index contributed by atoms with van der Waals surface area (Å²) >= 11 is 0. The third-order valence-corrected chi connectivity index (χ3v) is 3.29. The van der Waals surface area contributed by atoms with Gasteiger partial charge in [-0.05, 0) is 24.6 Å². The van der Waals surface area contributed by atoms with Gasteiger partial charge in [0.2, 0.25) is 5.91 Å². The van der Waals surface area contributed by atoms with E-state index < -0.39 is 0 Å². The SMILES string of the molecule is CCOC(=O)CCN(C)C(=O)c1ccc2c(c1)NC(=O)C2. The molecule has 1 aliphatic heterocycles. The van der Waals surface area contributed by atoms with Crippen LogP contribution in [0.1, 0.15) is 29.3 Å². The maximum absolute atomic E-state index is 12.3. The topological polar surface area (TPSA) is 75.7 Å². The number of nitrogens with zero attached hydrogens (tertiary/aromatic N) is 1. The largest absolute Gasteiger partial charge is 0.466 e. The molecule has 0 saturated carbocycles. The number of nitrogens with one attached hydrogen (secondary N) is 1. The quantitative estimate of drug-likeness (QED) is 0.827. The number of esters is 1. The van der Waals surface area contributed by atoms with Gasteiger partial charge in [0.25, 0.3) is 5.91 Å². The number of amides is 2. The second-order valence-electron chi connectivity index (χ2n) is 4.88. The minimum Gasteiger partial charge on any atom is -0.466 e. The van der Waals surface area contributed by atoms with Crippen LogP contribution in [0.4, 0.5) is 5.69 Å². The van der Waals surface area contributed by atoms with E-state index in [4.69, 9.17) is 4.74 Å². The van der Waals surface area contributed by atoms with Crippen LogP contribution in [0, 0.1) is 0 Å². The van der Waals surface area contributed by atoms with Crippen molar-refractivity contribution in [2.75, 3.05) is 25.5 Å². The third-order valence-electron chi connectivity index (χ3n) is 3.29. The van der Waals surface area contributed by atoms with Crippen LogP contribution in [-0.2, 0) is 20.7 Å². The molecule has 21 heavy (non-hydrogen) atoms. The van der Waals surface area contributed by atoms with E-state index in [0.717, 1.165) is 5.56 Å². The Morgan fingerprint density at radius 1 is 1.38 bits per heavy atom. The van der Waals surface area contributed by atoms with Crippen molar-refractivity contribution in [2.24, 2.45) is 0 Å². The molecule has 0 saturated heterocycles. The van der Waals surface area contributed by atoms with Gasteiger partial charge in [-0.15, -0.1) is 0 Å². The summed E-state index contributed by atoms with van der Waals surface area (Å²) in [4.78, 5) is 36.3. The predicted octanol–water partition coefficient (Wildman–Crippen LogP) is 1.21. The minimum atomic E-state index is -0.321. The van der Waals surface area contributed by atoms with E-state index in [0.29, 0.717) is 30.8 Å². The van der Waals surface area contributed by atoms with Gasteiger partial charge in [-0.3, -0.25) is 14.4 Å². The molecule has 6 nitrogen and oxygen atoms in total. The first-order valence-electron chi connectivity index (χ1n) is 6.85. The number of fused-ring (bicyclic) bond motifs is 1. The Bertz CT molecular complexity index is 583. The highest BCUT2D eigenvalue weighted by Crippen LogP contribution is 2.24. The third kappa shape index (κ3) is 3.59. The Labute approximate surface area is 123 Å². The van der Waals surface area contributed by atoms with Gasteiger partial charge in [-0.2, -0.15) is 0 Å². The first-order chi connectivity index (χ1) is 10.0. The van der Waals surface area contributed by atoms with Gasteiger partial charge < -0.3 is 15.0 Å². The Balaban J connectivity index is 1.98. The van der Waals surface area contributed by atoms with E-state index in [1.54, 1.807) is 32.2 Å². The van der Waals surface area contributed by atoms with Crippen LogP contribution in [0.15, 0.2) is 18.2 Å². The molecule has 0 unspecified atom stereocenters. The molecule has 0 fully saturated rings. The van der Waals surface area contributed by atoms with Crippen LogP contribution < -0.4 is 5.32 Å². The van der Waals surface area contributed by atoms with Crippen molar-refractivity contribution in [1.29, 1.82) is 0 Å². The van der Waals surface area contributed by atoms with E-state index >= 15 is 0 Å². The van der Waals surface area contributed by atoms with Crippen LogP contribution in [0.3, 0.4) is 0 Å². The molecule has 0 atom stereocenters. The highest BCUT2D eigenvalue weighted by atomic mass is 16.5. The lowest BCUT2D eigenvalue weighted by Gasteiger charge is -2.17. The van der Waals surface area contributed by atoms with Crippen LogP contribution in [0.2, 0.25) is 0 Å². The Morgan fingerprint density at radius 2 is 2.14 bits per heavy atom. The molecule has 2 rings (SSSR count). The maximum Gasteiger partial charge on any atom is 0.307 e. The molecule has 0 aliphatic carbocycles. The smallest absolute Gasteiger partial charge is 0.307 e. The summed E-state index contributed by atoms with van der Waals surface area (Å²) in [6.07, 6.45) is 0.514. The number of hydrogen-bond donors (Lipinski definition) is 1. The Hall–Kier alpha value is -2.37. The lowest BCUT2D eigenvalue weighted by molar-refractivity contribution is -0.143. The molecule has 1 aromatic carbocycles. The minimum absolute atomic E-state index is 0.0646. The van der Waals surface area contributed by atoms with Gasteiger partial charge in [-0.25, -0.2) is 0 Å².